The van der Waals surface area contributed by atoms with Gasteiger partial charge in [0.25, 0.3) is 0 Å². The van der Waals surface area contributed by atoms with Crippen molar-refractivity contribution in [3.63, 3.8) is 0 Å². The summed E-state index contributed by atoms with van der Waals surface area (Å²) in [6.07, 6.45) is 1.65. The topological polar surface area (TPSA) is 67.3 Å². The van der Waals surface area contributed by atoms with Crippen molar-refractivity contribution < 1.29 is 9.84 Å². The standard InChI is InChI=1S/C11H19N3O2/c1-4-16-9-5-6-12-10(14-9)13-7-11(2,3)8-15/h5-6,15H,4,7-8H2,1-3H3,(H,12,13,14). The van der Waals surface area contributed by atoms with Crippen molar-refractivity contribution in [2.45, 2.75) is 20.8 Å². The maximum atomic E-state index is 9.11. The van der Waals surface area contributed by atoms with Crippen LogP contribution in [0.5, 0.6) is 5.88 Å². The highest BCUT2D eigenvalue weighted by atomic mass is 16.5. The second-order valence-electron chi connectivity index (χ2n) is 4.33. The SMILES string of the molecule is CCOc1ccnc(NCC(C)(C)CO)n1. The highest BCUT2D eigenvalue weighted by Gasteiger charge is 2.16. The lowest BCUT2D eigenvalue weighted by Gasteiger charge is -2.21. The fourth-order valence-electron chi connectivity index (χ4n) is 1.03. The Hall–Kier alpha value is -1.36. The van der Waals surface area contributed by atoms with Crippen LogP contribution < -0.4 is 10.1 Å². The molecule has 0 aliphatic heterocycles. The van der Waals surface area contributed by atoms with Gasteiger partial charge in [-0.05, 0) is 6.92 Å². The van der Waals surface area contributed by atoms with Crippen LogP contribution in [0.15, 0.2) is 12.3 Å². The summed E-state index contributed by atoms with van der Waals surface area (Å²) in [6, 6.07) is 1.71. The summed E-state index contributed by atoms with van der Waals surface area (Å²) in [5.41, 5.74) is -0.190. The lowest BCUT2D eigenvalue weighted by Crippen LogP contribution is -2.27. The maximum Gasteiger partial charge on any atom is 0.225 e. The first-order chi connectivity index (χ1) is 7.57. The van der Waals surface area contributed by atoms with E-state index in [4.69, 9.17) is 9.84 Å². The van der Waals surface area contributed by atoms with E-state index in [0.717, 1.165) is 0 Å². The lowest BCUT2D eigenvalue weighted by molar-refractivity contribution is 0.170. The Morgan fingerprint density at radius 2 is 2.25 bits per heavy atom. The number of rotatable bonds is 6. The number of anilines is 1. The van der Waals surface area contributed by atoms with Crippen LogP contribution in [0.1, 0.15) is 20.8 Å². The molecule has 0 bridgehead atoms. The van der Waals surface area contributed by atoms with E-state index in [9.17, 15) is 0 Å². The monoisotopic (exact) mass is 225 g/mol. The van der Waals surface area contributed by atoms with Gasteiger partial charge in [0.2, 0.25) is 11.8 Å². The summed E-state index contributed by atoms with van der Waals surface area (Å²) in [5, 5.41) is 12.2. The molecule has 90 valence electrons. The largest absolute Gasteiger partial charge is 0.478 e. The molecule has 1 heterocycles. The van der Waals surface area contributed by atoms with Crippen LogP contribution in [0.25, 0.3) is 0 Å². The molecule has 0 saturated heterocycles. The van der Waals surface area contributed by atoms with Gasteiger partial charge in [-0.3, -0.25) is 0 Å². The highest BCUT2D eigenvalue weighted by molar-refractivity contribution is 5.27. The molecule has 1 aromatic heterocycles. The molecule has 5 nitrogen and oxygen atoms in total. The predicted molar refractivity (Wildman–Crippen MR) is 62.6 cm³/mol. The second-order valence-corrected chi connectivity index (χ2v) is 4.33. The van der Waals surface area contributed by atoms with E-state index in [1.807, 2.05) is 20.8 Å². The van der Waals surface area contributed by atoms with Crippen LogP contribution in [0.4, 0.5) is 5.95 Å². The molecule has 16 heavy (non-hydrogen) atoms. The Balaban J connectivity index is 2.57. The third-order valence-electron chi connectivity index (χ3n) is 2.08. The van der Waals surface area contributed by atoms with E-state index < -0.39 is 0 Å². The van der Waals surface area contributed by atoms with Crippen molar-refractivity contribution in [1.82, 2.24) is 9.97 Å². The van der Waals surface area contributed by atoms with Gasteiger partial charge < -0.3 is 15.2 Å². The van der Waals surface area contributed by atoms with Crippen LogP contribution in [0.3, 0.4) is 0 Å². The van der Waals surface area contributed by atoms with Gasteiger partial charge in [-0.15, -0.1) is 0 Å². The van der Waals surface area contributed by atoms with Gasteiger partial charge in [0.05, 0.1) is 6.61 Å². The number of hydrogen-bond acceptors (Lipinski definition) is 5. The number of ether oxygens (including phenoxy) is 1. The Labute approximate surface area is 95.9 Å². The first-order valence-corrected chi connectivity index (χ1v) is 5.38. The van der Waals surface area contributed by atoms with Crippen molar-refractivity contribution >= 4 is 5.95 Å². The summed E-state index contributed by atoms with van der Waals surface area (Å²) in [7, 11) is 0. The summed E-state index contributed by atoms with van der Waals surface area (Å²) in [6.45, 7) is 7.14. The molecule has 0 aliphatic carbocycles. The molecule has 0 saturated carbocycles. The molecule has 5 heteroatoms. The first kappa shape index (κ1) is 12.7. The van der Waals surface area contributed by atoms with Crippen LogP contribution >= 0.6 is 0 Å². The number of hydrogen-bond donors (Lipinski definition) is 2. The number of nitrogens with one attached hydrogen (secondary N) is 1. The molecule has 0 spiro atoms. The van der Waals surface area contributed by atoms with Crippen LogP contribution in [0, 0.1) is 5.41 Å². The Kier molecular flexibility index (Phi) is 4.49. The molecule has 0 aliphatic rings. The Morgan fingerprint density at radius 3 is 2.88 bits per heavy atom. The zero-order chi connectivity index (χ0) is 12.0. The predicted octanol–water partition coefficient (Wildman–Crippen LogP) is 1.31. The zero-order valence-corrected chi connectivity index (χ0v) is 10.0. The van der Waals surface area contributed by atoms with Crippen LogP contribution in [-0.2, 0) is 0 Å². The number of aliphatic hydroxyl groups excluding tert-OH is 1. The van der Waals surface area contributed by atoms with Crippen molar-refractivity contribution in [2.24, 2.45) is 5.41 Å². The normalized spacial score (nSPS) is 11.2. The Morgan fingerprint density at radius 1 is 1.50 bits per heavy atom. The number of aliphatic hydroxyl groups is 1. The minimum Gasteiger partial charge on any atom is -0.478 e. The van der Waals surface area contributed by atoms with Crippen molar-refractivity contribution in [3.8, 4) is 5.88 Å². The maximum absolute atomic E-state index is 9.11. The van der Waals surface area contributed by atoms with Crippen molar-refractivity contribution in [1.29, 1.82) is 0 Å². The quantitative estimate of drug-likeness (QED) is 0.764. The van der Waals surface area contributed by atoms with Gasteiger partial charge in [-0.2, -0.15) is 4.98 Å². The molecule has 0 radical (unpaired) electrons. The Bertz CT molecular complexity index is 329. The van der Waals surface area contributed by atoms with Crippen LogP contribution in [-0.4, -0.2) is 34.8 Å². The van der Waals surface area contributed by atoms with E-state index in [-0.39, 0.29) is 12.0 Å². The second kappa shape index (κ2) is 5.65. The molecule has 2 N–H and O–H groups in total. The van der Waals surface area contributed by atoms with E-state index in [2.05, 4.69) is 15.3 Å². The minimum atomic E-state index is -0.190. The molecular formula is C11H19N3O2. The van der Waals surface area contributed by atoms with E-state index >= 15 is 0 Å². The molecule has 0 amide bonds. The van der Waals surface area contributed by atoms with Gasteiger partial charge in [0, 0.05) is 30.8 Å². The van der Waals surface area contributed by atoms with Crippen molar-refractivity contribution in [2.75, 3.05) is 25.1 Å². The summed E-state index contributed by atoms with van der Waals surface area (Å²) in [5.74, 6) is 1.08. The van der Waals surface area contributed by atoms with E-state index in [1.54, 1.807) is 12.3 Å². The van der Waals surface area contributed by atoms with Crippen LogP contribution in [0.2, 0.25) is 0 Å². The molecule has 0 fully saturated rings. The third-order valence-corrected chi connectivity index (χ3v) is 2.08. The average Bonchev–Trinajstić information content (AvgIpc) is 2.28. The molecular weight excluding hydrogens is 206 g/mol. The lowest BCUT2D eigenvalue weighted by atomic mass is 9.95. The van der Waals surface area contributed by atoms with Gasteiger partial charge >= 0.3 is 0 Å². The molecule has 0 unspecified atom stereocenters. The minimum absolute atomic E-state index is 0.116. The highest BCUT2D eigenvalue weighted by Crippen LogP contribution is 2.15. The van der Waals surface area contributed by atoms with E-state index in [0.29, 0.717) is 25.0 Å². The fraction of sp³-hybridized carbons (Fsp3) is 0.636. The molecule has 0 atom stereocenters. The van der Waals surface area contributed by atoms with Gasteiger partial charge in [0.1, 0.15) is 0 Å². The smallest absolute Gasteiger partial charge is 0.225 e. The fourth-order valence-corrected chi connectivity index (χ4v) is 1.03. The van der Waals surface area contributed by atoms with Gasteiger partial charge in [-0.25, -0.2) is 4.98 Å². The zero-order valence-electron chi connectivity index (χ0n) is 10.0. The van der Waals surface area contributed by atoms with Gasteiger partial charge in [0.15, 0.2) is 0 Å². The molecule has 0 aromatic carbocycles. The average molecular weight is 225 g/mol. The molecule has 1 aromatic rings. The van der Waals surface area contributed by atoms with Gasteiger partial charge in [-0.1, -0.05) is 13.8 Å². The summed E-state index contributed by atoms with van der Waals surface area (Å²) in [4.78, 5) is 8.25. The first-order valence-electron chi connectivity index (χ1n) is 5.38. The molecule has 1 rings (SSSR count). The van der Waals surface area contributed by atoms with E-state index in [1.165, 1.54) is 0 Å². The third kappa shape index (κ3) is 4.02. The summed E-state index contributed by atoms with van der Waals surface area (Å²) < 4.78 is 5.26. The number of nitrogens with zero attached hydrogens (tertiary/aromatic N) is 2. The van der Waals surface area contributed by atoms with Crippen molar-refractivity contribution in [3.05, 3.63) is 12.3 Å². The summed E-state index contributed by atoms with van der Waals surface area (Å²) >= 11 is 0. The number of aromatic nitrogens is 2.